The lowest BCUT2D eigenvalue weighted by atomic mass is 10.2. The Bertz CT molecular complexity index is 647. The highest BCUT2D eigenvalue weighted by molar-refractivity contribution is 7.11. The summed E-state index contributed by atoms with van der Waals surface area (Å²) in [5, 5.41) is 8.58. The molecule has 4 N–H and O–H groups in total. The van der Waals surface area contributed by atoms with Crippen molar-refractivity contribution in [2.45, 2.75) is 6.92 Å². The quantitative estimate of drug-likeness (QED) is 0.694. The van der Waals surface area contributed by atoms with Crippen LogP contribution in [0.5, 0.6) is 0 Å². The maximum Gasteiger partial charge on any atom is 0.319 e. The number of aromatic amines is 1. The maximum atomic E-state index is 11.6. The number of nitrogens with one attached hydrogen (secondary N) is 4. The lowest BCUT2D eigenvalue weighted by Gasteiger charge is -2.07. The van der Waals surface area contributed by atoms with Gasteiger partial charge in [-0.2, -0.15) is 0 Å². The van der Waals surface area contributed by atoms with E-state index >= 15 is 0 Å². The summed E-state index contributed by atoms with van der Waals surface area (Å²) in [4.78, 5) is 22.9. The van der Waals surface area contributed by atoms with Crippen molar-refractivity contribution in [1.29, 1.82) is 0 Å². The molecule has 2 amide bonds. The average Bonchev–Trinajstić information content (AvgIpc) is 2.71. The summed E-state index contributed by atoms with van der Waals surface area (Å²) in [7, 11) is 1.49. The lowest BCUT2D eigenvalue weighted by Crippen LogP contribution is -2.27. The van der Waals surface area contributed by atoms with Crippen molar-refractivity contribution in [3.8, 4) is 0 Å². The second kappa shape index (κ2) is 5.57. The molecule has 0 saturated carbocycles. The Morgan fingerprint density at radius 3 is 2.84 bits per heavy atom. The summed E-state index contributed by atoms with van der Waals surface area (Å²) in [5.41, 5.74) is 1.85. The minimum atomic E-state index is -0.434. The number of H-pyrrole nitrogens is 1. The van der Waals surface area contributed by atoms with Gasteiger partial charge in [0.15, 0.2) is 0 Å². The van der Waals surface area contributed by atoms with Crippen LogP contribution in [0.25, 0.3) is 0 Å². The van der Waals surface area contributed by atoms with E-state index in [2.05, 4.69) is 20.3 Å². The van der Waals surface area contributed by atoms with Gasteiger partial charge < -0.3 is 16.0 Å². The predicted octanol–water partition coefficient (Wildman–Crippen LogP) is 2.24. The maximum absolute atomic E-state index is 11.6. The van der Waals surface area contributed by atoms with Crippen LogP contribution in [0, 0.1) is 6.92 Å². The van der Waals surface area contributed by atoms with E-state index in [0.29, 0.717) is 5.00 Å². The molecule has 0 fully saturated rings. The molecule has 2 rings (SSSR count). The predicted molar refractivity (Wildman–Crippen MR) is 77.5 cm³/mol. The van der Waals surface area contributed by atoms with Gasteiger partial charge in [0.25, 0.3) is 5.56 Å². The second-order valence-corrected chi connectivity index (χ2v) is 4.75. The number of rotatable bonds is 3. The first kappa shape index (κ1) is 13.2. The van der Waals surface area contributed by atoms with Crippen molar-refractivity contribution in [2.24, 2.45) is 0 Å². The zero-order valence-corrected chi connectivity index (χ0v) is 11.4. The van der Waals surface area contributed by atoms with Gasteiger partial charge in [-0.3, -0.25) is 9.17 Å². The number of carbonyl (C=O) groups is 1. The molecule has 2 aromatic rings. The van der Waals surface area contributed by atoms with Crippen molar-refractivity contribution >= 4 is 33.9 Å². The summed E-state index contributed by atoms with van der Waals surface area (Å²) in [6.07, 6.45) is 0. The van der Waals surface area contributed by atoms with E-state index in [1.54, 1.807) is 0 Å². The van der Waals surface area contributed by atoms with E-state index in [4.69, 9.17) is 0 Å². The van der Waals surface area contributed by atoms with Crippen LogP contribution in [0.3, 0.4) is 0 Å². The lowest BCUT2D eigenvalue weighted by molar-refractivity contribution is 0.254. The molecular formula is C12H14N4O2S. The Hall–Kier alpha value is -2.28. The van der Waals surface area contributed by atoms with E-state index in [-0.39, 0.29) is 11.2 Å². The molecule has 19 heavy (non-hydrogen) atoms. The first-order valence-corrected chi connectivity index (χ1v) is 6.45. The van der Waals surface area contributed by atoms with Gasteiger partial charge in [0.05, 0.1) is 0 Å². The van der Waals surface area contributed by atoms with Crippen LogP contribution in [0.1, 0.15) is 5.56 Å². The van der Waals surface area contributed by atoms with Gasteiger partial charge in [0.1, 0.15) is 10.7 Å². The number of aromatic nitrogens is 1. The van der Waals surface area contributed by atoms with E-state index in [1.807, 2.05) is 31.2 Å². The van der Waals surface area contributed by atoms with Crippen molar-refractivity contribution < 1.29 is 4.79 Å². The van der Waals surface area contributed by atoms with E-state index in [1.165, 1.54) is 7.05 Å². The summed E-state index contributed by atoms with van der Waals surface area (Å²) in [6.45, 7) is 1.98. The van der Waals surface area contributed by atoms with Crippen LogP contribution in [0.2, 0.25) is 0 Å². The number of anilines is 3. The fraction of sp³-hybridized carbons (Fsp3) is 0.167. The monoisotopic (exact) mass is 278 g/mol. The third-order valence-corrected chi connectivity index (χ3v) is 3.24. The molecular weight excluding hydrogens is 264 g/mol. The van der Waals surface area contributed by atoms with Crippen LogP contribution in [-0.2, 0) is 0 Å². The summed E-state index contributed by atoms with van der Waals surface area (Å²) in [6, 6.07) is 7.30. The van der Waals surface area contributed by atoms with Gasteiger partial charge in [-0.15, -0.1) is 0 Å². The highest BCUT2D eigenvalue weighted by Crippen LogP contribution is 2.26. The van der Waals surface area contributed by atoms with E-state index in [9.17, 15) is 9.59 Å². The van der Waals surface area contributed by atoms with Gasteiger partial charge in [-0.05, 0) is 36.2 Å². The number of benzene rings is 1. The highest BCUT2D eigenvalue weighted by Gasteiger charge is 2.13. The molecule has 0 aliphatic heterocycles. The Labute approximate surface area is 114 Å². The summed E-state index contributed by atoms with van der Waals surface area (Å²) < 4.78 is 2.58. The molecule has 0 unspecified atom stereocenters. The van der Waals surface area contributed by atoms with Gasteiger partial charge in [0, 0.05) is 12.7 Å². The summed E-state index contributed by atoms with van der Waals surface area (Å²) in [5.74, 6) is 0. The minimum absolute atomic E-state index is 0.214. The average molecular weight is 278 g/mol. The van der Waals surface area contributed by atoms with Crippen LogP contribution in [0.4, 0.5) is 21.2 Å². The molecule has 0 saturated heterocycles. The third kappa shape index (κ3) is 3.14. The van der Waals surface area contributed by atoms with Crippen molar-refractivity contribution in [3.63, 3.8) is 0 Å². The van der Waals surface area contributed by atoms with E-state index in [0.717, 1.165) is 22.8 Å². The van der Waals surface area contributed by atoms with Crippen LogP contribution in [-0.4, -0.2) is 17.5 Å². The molecule has 1 heterocycles. The minimum Gasteiger partial charge on any atom is -0.344 e. The number of hydrogen-bond donors (Lipinski definition) is 4. The Kier molecular flexibility index (Phi) is 3.86. The normalized spacial score (nSPS) is 10.0. The zero-order valence-electron chi connectivity index (χ0n) is 10.5. The van der Waals surface area contributed by atoms with Gasteiger partial charge in [-0.25, -0.2) is 4.79 Å². The molecule has 0 spiro atoms. The molecule has 7 heteroatoms. The molecule has 6 nitrogen and oxygen atoms in total. The SMILES string of the molecule is CNC(=O)Nc1c(Nc2cccc(C)c2)s[nH]c1=O. The highest BCUT2D eigenvalue weighted by atomic mass is 32.1. The topological polar surface area (TPSA) is 86.0 Å². The number of hydrogen-bond acceptors (Lipinski definition) is 4. The molecule has 1 aromatic carbocycles. The summed E-state index contributed by atoms with van der Waals surface area (Å²) >= 11 is 1.14. The molecule has 1 aromatic heterocycles. The first-order chi connectivity index (χ1) is 9.10. The fourth-order valence-corrected chi connectivity index (χ4v) is 2.25. The van der Waals surface area contributed by atoms with E-state index < -0.39 is 6.03 Å². The van der Waals surface area contributed by atoms with Crippen molar-refractivity contribution in [1.82, 2.24) is 9.69 Å². The molecule has 0 bridgehead atoms. The molecule has 0 radical (unpaired) electrons. The fourth-order valence-electron chi connectivity index (χ4n) is 1.53. The Morgan fingerprint density at radius 2 is 2.16 bits per heavy atom. The van der Waals surface area contributed by atoms with Gasteiger partial charge >= 0.3 is 6.03 Å². The number of urea groups is 1. The Morgan fingerprint density at radius 1 is 1.37 bits per heavy atom. The Balaban J connectivity index is 2.26. The molecule has 0 aliphatic rings. The van der Waals surface area contributed by atoms with Crippen LogP contribution >= 0.6 is 11.5 Å². The number of amides is 2. The van der Waals surface area contributed by atoms with Gasteiger partial charge in [0.2, 0.25) is 0 Å². The van der Waals surface area contributed by atoms with Crippen LogP contribution < -0.4 is 21.5 Å². The van der Waals surface area contributed by atoms with Crippen LogP contribution in [0.15, 0.2) is 29.1 Å². The third-order valence-electron chi connectivity index (χ3n) is 2.44. The van der Waals surface area contributed by atoms with Crippen molar-refractivity contribution in [3.05, 3.63) is 40.2 Å². The van der Waals surface area contributed by atoms with Crippen molar-refractivity contribution in [2.75, 3.05) is 17.7 Å². The first-order valence-electron chi connectivity index (χ1n) is 5.64. The standard InChI is InChI=1S/C12H14N4O2S/c1-7-4-3-5-8(6-7)14-11-9(10(17)16-19-11)15-12(18)13-2/h3-6,14H,1-2H3,(H,16,17)(H2,13,15,18). The smallest absolute Gasteiger partial charge is 0.319 e. The molecule has 0 aliphatic carbocycles. The van der Waals surface area contributed by atoms with Gasteiger partial charge in [-0.1, -0.05) is 12.1 Å². The zero-order chi connectivity index (χ0) is 13.8. The number of carbonyl (C=O) groups excluding carboxylic acids is 1. The largest absolute Gasteiger partial charge is 0.344 e. The number of aryl methyl sites for hydroxylation is 1. The molecule has 0 atom stereocenters. The molecule has 100 valence electrons. The second-order valence-electron chi connectivity index (χ2n) is 3.94.